The monoisotopic (exact) mass is 446 g/mol. The first-order chi connectivity index (χ1) is 15.0. The maximum Gasteiger partial charge on any atom is 0.184 e. The van der Waals surface area contributed by atoms with Gasteiger partial charge in [0.2, 0.25) is 0 Å². The van der Waals surface area contributed by atoms with E-state index in [9.17, 15) is 8.42 Å². The molecular formula is C23H18N4O2S2. The Labute approximate surface area is 183 Å². The number of pyridine rings is 1. The van der Waals surface area contributed by atoms with Crippen molar-refractivity contribution in [1.82, 2.24) is 19.7 Å². The van der Waals surface area contributed by atoms with Crippen LogP contribution in [0.4, 0.5) is 0 Å². The minimum absolute atomic E-state index is 0.100. The Bertz CT molecular complexity index is 1480. The topological polar surface area (TPSA) is 77.7 Å². The molecular weight excluding hydrogens is 428 g/mol. The van der Waals surface area contributed by atoms with Crippen LogP contribution >= 0.6 is 11.3 Å². The zero-order valence-corrected chi connectivity index (χ0v) is 18.3. The molecule has 0 radical (unpaired) electrons. The summed E-state index contributed by atoms with van der Waals surface area (Å²) in [6.07, 6.45) is 5.12. The summed E-state index contributed by atoms with van der Waals surface area (Å²) in [6, 6.07) is 16.9. The van der Waals surface area contributed by atoms with Gasteiger partial charge in [0.25, 0.3) is 0 Å². The van der Waals surface area contributed by atoms with E-state index < -0.39 is 9.84 Å². The molecule has 3 heterocycles. The predicted octanol–water partition coefficient (Wildman–Crippen LogP) is 4.83. The van der Waals surface area contributed by atoms with E-state index in [4.69, 9.17) is 0 Å². The van der Waals surface area contributed by atoms with Crippen molar-refractivity contribution >= 4 is 31.9 Å². The normalized spacial score (nSPS) is 11.8. The number of hydrogen-bond acceptors (Lipinski definition) is 6. The van der Waals surface area contributed by atoms with Crippen LogP contribution in [-0.4, -0.2) is 28.2 Å². The molecule has 3 aromatic heterocycles. The van der Waals surface area contributed by atoms with Crippen LogP contribution in [0.3, 0.4) is 0 Å². The second-order valence-corrected chi connectivity index (χ2v) is 10.1. The van der Waals surface area contributed by atoms with E-state index in [1.165, 1.54) is 11.3 Å². The molecule has 31 heavy (non-hydrogen) atoms. The molecule has 5 rings (SSSR count). The third-order valence-electron chi connectivity index (χ3n) is 5.16. The fraction of sp³-hybridized carbons (Fsp3) is 0.0870. The molecule has 0 bridgehead atoms. The molecule has 0 fully saturated rings. The molecule has 0 amide bonds. The summed E-state index contributed by atoms with van der Waals surface area (Å²) in [4.78, 5) is 8.97. The van der Waals surface area contributed by atoms with Gasteiger partial charge < -0.3 is 0 Å². The SMILES string of the molecule is Cc1c(-c2nccc3cc(S(=O)(=O)Cc4nccs4)ccc23)cnn1-c1ccccc1. The van der Waals surface area contributed by atoms with Gasteiger partial charge in [0.15, 0.2) is 9.84 Å². The van der Waals surface area contributed by atoms with Crippen molar-refractivity contribution in [1.29, 1.82) is 0 Å². The lowest BCUT2D eigenvalue weighted by atomic mass is 10.0. The molecule has 0 aliphatic heterocycles. The average Bonchev–Trinajstić information content (AvgIpc) is 3.42. The van der Waals surface area contributed by atoms with Crippen molar-refractivity contribution in [3.63, 3.8) is 0 Å². The molecule has 0 N–H and O–H groups in total. The molecule has 0 aliphatic carbocycles. The number of sulfone groups is 1. The minimum atomic E-state index is -3.48. The number of rotatable bonds is 5. The first-order valence-electron chi connectivity index (χ1n) is 9.63. The van der Waals surface area contributed by atoms with Crippen molar-refractivity contribution in [3.05, 3.63) is 89.3 Å². The number of thiazole rings is 1. The molecule has 0 aliphatic rings. The first-order valence-corrected chi connectivity index (χ1v) is 12.2. The molecule has 5 aromatic rings. The van der Waals surface area contributed by atoms with Crippen LogP contribution in [0.15, 0.2) is 83.5 Å². The molecule has 0 spiro atoms. The molecule has 0 unspecified atom stereocenters. The van der Waals surface area contributed by atoms with E-state index in [2.05, 4.69) is 15.1 Å². The summed E-state index contributed by atoms with van der Waals surface area (Å²) >= 11 is 1.34. The summed E-state index contributed by atoms with van der Waals surface area (Å²) in [5.74, 6) is -0.100. The predicted molar refractivity (Wildman–Crippen MR) is 122 cm³/mol. The van der Waals surface area contributed by atoms with E-state index >= 15 is 0 Å². The van der Waals surface area contributed by atoms with Crippen LogP contribution in [0.2, 0.25) is 0 Å². The summed E-state index contributed by atoms with van der Waals surface area (Å²) in [5, 5.41) is 8.60. The van der Waals surface area contributed by atoms with Gasteiger partial charge >= 0.3 is 0 Å². The Balaban J connectivity index is 1.57. The molecule has 0 saturated carbocycles. The van der Waals surface area contributed by atoms with Crippen LogP contribution in [0.1, 0.15) is 10.7 Å². The Hall–Kier alpha value is -3.36. The summed E-state index contributed by atoms with van der Waals surface area (Å²) in [7, 11) is -3.48. The maximum absolute atomic E-state index is 12.9. The fourth-order valence-electron chi connectivity index (χ4n) is 3.61. The Morgan fingerprint density at radius 2 is 1.84 bits per heavy atom. The summed E-state index contributed by atoms with van der Waals surface area (Å²) in [6.45, 7) is 2.00. The first kappa shape index (κ1) is 19.6. The van der Waals surface area contributed by atoms with E-state index in [0.717, 1.165) is 33.4 Å². The number of para-hydroxylation sites is 1. The zero-order chi connectivity index (χ0) is 21.4. The number of aromatic nitrogens is 4. The van der Waals surface area contributed by atoms with E-state index in [-0.39, 0.29) is 10.6 Å². The van der Waals surface area contributed by atoms with Gasteiger partial charge in [-0.3, -0.25) is 4.98 Å². The lowest BCUT2D eigenvalue weighted by Gasteiger charge is -2.09. The van der Waals surface area contributed by atoms with Crippen molar-refractivity contribution in [3.8, 4) is 16.9 Å². The van der Waals surface area contributed by atoms with Gasteiger partial charge in [-0.1, -0.05) is 24.3 Å². The van der Waals surface area contributed by atoms with Crippen LogP contribution in [-0.2, 0) is 15.6 Å². The van der Waals surface area contributed by atoms with Gasteiger partial charge in [0, 0.05) is 28.7 Å². The minimum Gasteiger partial charge on any atom is -0.255 e. The number of nitrogens with zero attached hydrogens (tertiary/aromatic N) is 4. The third kappa shape index (κ3) is 3.64. The highest BCUT2D eigenvalue weighted by Gasteiger charge is 2.19. The summed E-state index contributed by atoms with van der Waals surface area (Å²) in [5.41, 5.74) is 3.63. The largest absolute Gasteiger partial charge is 0.255 e. The fourth-order valence-corrected chi connectivity index (χ4v) is 5.89. The van der Waals surface area contributed by atoms with Crippen LogP contribution in [0.5, 0.6) is 0 Å². The molecule has 2 aromatic carbocycles. The van der Waals surface area contributed by atoms with Crippen LogP contribution < -0.4 is 0 Å². The van der Waals surface area contributed by atoms with Gasteiger partial charge in [-0.15, -0.1) is 11.3 Å². The summed E-state index contributed by atoms with van der Waals surface area (Å²) < 4.78 is 27.6. The van der Waals surface area contributed by atoms with E-state index in [1.807, 2.05) is 54.1 Å². The number of hydrogen-bond donors (Lipinski definition) is 0. The number of benzene rings is 2. The van der Waals surface area contributed by atoms with Gasteiger partial charge in [-0.2, -0.15) is 5.10 Å². The lowest BCUT2D eigenvalue weighted by molar-refractivity contribution is 0.595. The van der Waals surface area contributed by atoms with Crippen molar-refractivity contribution in [2.75, 3.05) is 0 Å². The Kier molecular flexibility index (Phi) is 4.88. The maximum atomic E-state index is 12.9. The van der Waals surface area contributed by atoms with Crippen molar-refractivity contribution in [2.24, 2.45) is 0 Å². The van der Waals surface area contributed by atoms with Crippen LogP contribution in [0.25, 0.3) is 27.7 Å². The standard InChI is InChI=1S/C23H18N4O2S2/c1-16-21(14-26-27(16)18-5-3-2-4-6-18)23-20-8-7-19(13-17(20)9-10-25-23)31(28,29)15-22-24-11-12-30-22/h2-14H,15H2,1H3. The smallest absolute Gasteiger partial charge is 0.184 e. The van der Waals surface area contributed by atoms with Gasteiger partial charge in [0.1, 0.15) is 10.8 Å². The highest BCUT2D eigenvalue weighted by atomic mass is 32.2. The highest BCUT2D eigenvalue weighted by molar-refractivity contribution is 7.90. The molecule has 6 nitrogen and oxygen atoms in total. The van der Waals surface area contributed by atoms with E-state index in [0.29, 0.717) is 5.01 Å². The number of fused-ring (bicyclic) bond motifs is 1. The molecule has 0 atom stereocenters. The van der Waals surface area contributed by atoms with Crippen molar-refractivity contribution < 1.29 is 8.42 Å². The Morgan fingerprint density at radius 1 is 1.00 bits per heavy atom. The third-order valence-corrected chi connectivity index (χ3v) is 7.75. The molecule has 0 saturated heterocycles. The lowest BCUT2D eigenvalue weighted by Crippen LogP contribution is -2.04. The molecule has 8 heteroatoms. The van der Waals surface area contributed by atoms with E-state index in [1.54, 1.807) is 36.1 Å². The van der Waals surface area contributed by atoms with Gasteiger partial charge in [0.05, 0.1) is 28.2 Å². The zero-order valence-electron chi connectivity index (χ0n) is 16.6. The highest BCUT2D eigenvalue weighted by Crippen LogP contribution is 2.31. The van der Waals surface area contributed by atoms with Gasteiger partial charge in [-0.25, -0.2) is 18.1 Å². The molecule has 154 valence electrons. The van der Waals surface area contributed by atoms with Crippen molar-refractivity contribution in [2.45, 2.75) is 17.6 Å². The quantitative estimate of drug-likeness (QED) is 0.387. The Morgan fingerprint density at radius 3 is 2.61 bits per heavy atom. The second-order valence-electron chi connectivity index (χ2n) is 7.12. The van der Waals surface area contributed by atoms with Crippen LogP contribution in [0, 0.1) is 6.92 Å². The average molecular weight is 447 g/mol. The second kappa shape index (κ2) is 7.72. The van der Waals surface area contributed by atoms with Gasteiger partial charge in [-0.05, 0) is 42.6 Å².